The third kappa shape index (κ3) is 2.46. The maximum atomic E-state index is 10.2. The molecule has 0 bridgehead atoms. The van der Waals surface area contributed by atoms with Gasteiger partial charge in [-0.25, -0.2) is 0 Å². The van der Waals surface area contributed by atoms with E-state index in [1.807, 2.05) is 30.3 Å². The van der Waals surface area contributed by atoms with Gasteiger partial charge in [0.2, 0.25) is 0 Å². The fourth-order valence-corrected chi connectivity index (χ4v) is 2.65. The lowest BCUT2D eigenvalue weighted by Gasteiger charge is -2.30. The second kappa shape index (κ2) is 4.87. The highest BCUT2D eigenvalue weighted by Crippen LogP contribution is 2.41. The largest absolute Gasteiger partial charge is 0.508 e. The van der Waals surface area contributed by atoms with Crippen LogP contribution in [0.15, 0.2) is 46.9 Å². The molecule has 0 aliphatic carbocycles. The van der Waals surface area contributed by atoms with Gasteiger partial charge in [0.15, 0.2) is 0 Å². The van der Waals surface area contributed by atoms with E-state index < -0.39 is 6.10 Å². The monoisotopic (exact) mass is 320 g/mol. The van der Waals surface area contributed by atoms with Crippen LogP contribution in [-0.4, -0.2) is 10.2 Å². The molecule has 0 saturated heterocycles. The summed E-state index contributed by atoms with van der Waals surface area (Å²) < 4.78 is 6.86. The Bertz CT molecular complexity index is 595. The summed E-state index contributed by atoms with van der Waals surface area (Å²) in [5, 5.41) is 19.5. The zero-order valence-electron chi connectivity index (χ0n) is 10.1. The van der Waals surface area contributed by atoms with Crippen LogP contribution >= 0.6 is 15.9 Å². The molecule has 1 aliphatic rings. The Balaban J connectivity index is 1.93. The smallest absolute Gasteiger partial charge is 0.127 e. The van der Waals surface area contributed by atoms with Crippen molar-refractivity contribution in [1.29, 1.82) is 0 Å². The van der Waals surface area contributed by atoms with Crippen molar-refractivity contribution in [2.45, 2.75) is 18.6 Å². The molecular weight excluding hydrogens is 308 g/mol. The Morgan fingerprint density at radius 3 is 2.58 bits per heavy atom. The molecule has 0 aromatic heterocycles. The molecule has 1 aliphatic heterocycles. The Morgan fingerprint density at radius 1 is 1.11 bits per heavy atom. The summed E-state index contributed by atoms with van der Waals surface area (Å²) in [6.45, 7) is 0. The molecule has 19 heavy (non-hydrogen) atoms. The van der Waals surface area contributed by atoms with E-state index in [0.29, 0.717) is 12.2 Å². The lowest BCUT2D eigenvalue weighted by atomic mass is 9.95. The van der Waals surface area contributed by atoms with Crippen LogP contribution < -0.4 is 4.74 Å². The number of halogens is 1. The molecule has 3 rings (SSSR count). The zero-order chi connectivity index (χ0) is 13.4. The summed E-state index contributed by atoms with van der Waals surface area (Å²) in [5.74, 6) is 0.925. The number of ether oxygens (including phenoxy) is 1. The van der Waals surface area contributed by atoms with Crippen LogP contribution in [0.4, 0.5) is 0 Å². The molecule has 1 unspecified atom stereocenters. The molecule has 4 heteroatoms. The molecule has 0 saturated carbocycles. The van der Waals surface area contributed by atoms with Crippen LogP contribution in [0.2, 0.25) is 0 Å². The van der Waals surface area contributed by atoms with E-state index in [1.165, 1.54) is 0 Å². The number of aliphatic hydroxyl groups is 1. The van der Waals surface area contributed by atoms with Gasteiger partial charge in [-0.15, -0.1) is 0 Å². The first-order valence-electron chi connectivity index (χ1n) is 6.06. The summed E-state index contributed by atoms with van der Waals surface area (Å²) in [6.07, 6.45) is -0.215. The minimum Gasteiger partial charge on any atom is -0.508 e. The van der Waals surface area contributed by atoms with Gasteiger partial charge in [0.25, 0.3) is 0 Å². The fraction of sp³-hybridized carbons (Fsp3) is 0.200. The number of hydrogen-bond donors (Lipinski definition) is 2. The third-order valence-corrected chi connectivity index (χ3v) is 3.80. The Labute approximate surface area is 119 Å². The number of phenols is 1. The third-order valence-electron chi connectivity index (χ3n) is 3.31. The van der Waals surface area contributed by atoms with Crippen molar-refractivity contribution < 1.29 is 14.9 Å². The number of aromatic hydroxyl groups is 1. The molecule has 3 nitrogen and oxygen atoms in total. The fourth-order valence-electron chi connectivity index (χ4n) is 2.31. The van der Waals surface area contributed by atoms with Gasteiger partial charge in [-0.05, 0) is 29.8 Å². The predicted octanol–water partition coefficient (Wildman–Crippen LogP) is 3.71. The maximum Gasteiger partial charge on any atom is 0.127 e. The van der Waals surface area contributed by atoms with E-state index in [4.69, 9.17) is 4.74 Å². The Kier molecular flexibility index (Phi) is 3.21. The van der Waals surface area contributed by atoms with E-state index in [9.17, 15) is 10.2 Å². The molecule has 2 atom stereocenters. The second-order valence-corrected chi connectivity index (χ2v) is 5.55. The van der Waals surface area contributed by atoms with Crippen LogP contribution in [0.3, 0.4) is 0 Å². The lowest BCUT2D eigenvalue weighted by Crippen LogP contribution is -2.18. The molecular formula is C15H13BrO3. The first-order chi connectivity index (χ1) is 9.13. The maximum absolute atomic E-state index is 10.2. The highest BCUT2D eigenvalue weighted by molar-refractivity contribution is 9.10. The summed E-state index contributed by atoms with van der Waals surface area (Å²) in [6, 6.07) is 12.5. The lowest BCUT2D eigenvalue weighted by molar-refractivity contribution is 0.0656. The topological polar surface area (TPSA) is 49.7 Å². The summed E-state index contributed by atoms with van der Waals surface area (Å²) in [7, 11) is 0. The predicted molar refractivity (Wildman–Crippen MR) is 75.2 cm³/mol. The van der Waals surface area contributed by atoms with Crippen molar-refractivity contribution in [1.82, 2.24) is 0 Å². The highest BCUT2D eigenvalue weighted by Gasteiger charge is 2.28. The van der Waals surface area contributed by atoms with E-state index in [0.717, 1.165) is 15.6 Å². The van der Waals surface area contributed by atoms with Crippen LogP contribution in [-0.2, 0) is 0 Å². The van der Waals surface area contributed by atoms with E-state index in [1.54, 1.807) is 12.1 Å². The van der Waals surface area contributed by atoms with Crippen molar-refractivity contribution in [3.05, 3.63) is 58.1 Å². The molecule has 0 spiro atoms. The van der Waals surface area contributed by atoms with Gasteiger partial charge in [0.1, 0.15) is 17.6 Å². The number of aliphatic hydroxyl groups excluding tert-OH is 1. The van der Waals surface area contributed by atoms with Crippen molar-refractivity contribution in [2.24, 2.45) is 0 Å². The molecule has 2 N–H and O–H groups in total. The standard InChI is InChI=1S/C15H13BrO3/c16-10-3-6-12-13(18)8-14(19-15(12)7-10)9-1-4-11(17)5-2-9/h1-7,13-14,17-18H,8H2/t13-,14?/m0/s1. The van der Waals surface area contributed by atoms with E-state index >= 15 is 0 Å². The number of rotatable bonds is 1. The van der Waals surface area contributed by atoms with Gasteiger partial charge in [-0.1, -0.05) is 34.1 Å². The number of fused-ring (bicyclic) bond motifs is 1. The molecule has 0 fully saturated rings. The van der Waals surface area contributed by atoms with Crippen LogP contribution in [0.1, 0.15) is 29.8 Å². The Hall–Kier alpha value is -1.52. The molecule has 1 heterocycles. The normalized spacial score (nSPS) is 21.6. The van der Waals surface area contributed by atoms with Crippen LogP contribution in [0, 0.1) is 0 Å². The molecule has 0 radical (unpaired) electrons. The summed E-state index contributed by atoms with van der Waals surface area (Å²) in [5.41, 5.74) is 1.76. The summed E-state index contributed by atoms with van der Waals surface area (Å²) >= 11 is 3.40. The first-order valence-corrected chi connectivity index (χ1v) is 6.86. The van der Waals surface area contributed by atoms with Crippen molar-refractivity contribution in [3.8, 4) is 11.5 Å². The minimum atomic E-state index is -0.532. The van der Waals surface area contributed by atoms with Crippen molar-refractivity contribution in [2.75, 3.05) is 0 Å². The second-order valence-electron chi connectivity index (χ2n) is 4.63. The molecule has 2 aromatic rings. The van der Waals surface area contributed by atoms with Gasteiger partial charge in [-0.3, -0.25) is 0 Å². The average molecular weight is 321 g/mol. The number of hydrogen-bond acceptors (Lipinski definition) is 3. The Morgan fingerprint density at radius 2 is 1.84 bits per heavy atom. The van der Waals surface area contributed by atoms with Gasteiger partial charge >= 0.3 is 0 Å². The van der Waals surface area contributed by atoms with Crippen molar-refractivity contribution in [3.63, 3.8) is 0 Å². The quantitative estimate of drug-likeness (QED) is 0.842. The van der Waals surface area contributed by atoms with Gasteiger partial charge < -0.3 is 14.9 Å². The summed E-state index contributed by atoms with van der Waals surface area (Å²) in [4.78, 5) is 0. The first kappa shape index (κ1) is 12.5. The van der Waals surface area contributed by atoms with E-state index in [2.05, 4.69) is 15.9 Å². The minimum absolute atomic E-state index is 0.197. The van der Waals surface area contributed by atoms with Crippen LogP contribution in [0.25, 0.3) is 0 Å². The number of benzene rings is 2. The average Bonchev–Trinajstić information content (AvgIpc) is 2.38. The van der Waals surface area contributed by atoms with Crippen LogP contribution in [0.5, 0.6) is 11.5 Å². The van der Waals surface area contributed by atoms with Gasteiger partial charge in [0, 0.05) is 16.5 Å². The molecule has 0 amide bonds. The molecule has 98 valence electrons. The van der Waals surface area contributed by atoms with Gasteiger partial charge in [-0.2, -0.15) is 0 Å². The highest BCUT2D eigenvalue weighted by atomic mass is 79.9. The number of phenolic OH excluding ortho intramolecular Hbond substituents is 1. The van der Waals surface area contributed by atoms with Gasteiger partial charge in [0.05, 0.1) is 6.10 Å². The SMILES string of the molecule is Oc1ccc(C2C[C@H](O)c3ccc(Br)cc3O2)cc1. The van der Waals surface area contributed by atoms with Crippen molar-refractivity contribution >= 4 is 15.9 Å². The molecule has 2 aromatic carbocycles. The van der Waals surface area contributed by atoms with E-state index in [-0.39, 0.29) is 11.9 Å². The zero-order valence-corrected chi connectivity index (χ0v) is 11.7.